The van der Waals surface area contributed by atoms with Crippen molar-refractivity contribution in [3.05, 3.63) is 5.92 Å². The first kappa shape index (κ1) is 19.6. The molecule has 0 radical (unpaired) electrons. The molecule has 1 aliphatic carbocycles. The van der Waals surface area contributed by atoms with E-state index in [1.807, 2.05) is 5.92 Å². The van der Waals surface area contributed by atoms with Gasteiger partial charge in [-0.2, -0.15) is 17.8 Å². The third-order valence-corrected chi connectivity index (χ3v) is 5.52. The van der Waals surface area contributed by atoms with Crippen LogP contribution < -0.4 is 18.9 Å². The van der Waals surface area contributed by atoms with Crippen LogP contribution >= 0.6 is 0 Å². The molecular formula is C18H35Li. The molecule has 0 aromatic rings. The van der Waals surface area contributed by atoms with E-state index < -0.39 is 0 Å². The van der Waals surface area contributed by atoms with Crippen LogP contribution in [-0.4, -0.2) is 0 Å². The van der Waals surface area contributed by atoms with Crippen molar-refractivity contribution in [2.75, 3.05) is 0 Å². The molecule has 0 amide bonds. The van der Waals surface area contributed by atoms with E-state index in [2.05, 4.69) is 69.2 Å². The van der Waals surface area contributed by atoms with E-state index in [1.54, 1.807) is 0 Å². The maximum Gasteiger partial charge on any atom is 1.00 e. The molecule has 0 aliphatic heterocycles. The van der Waals surface area contributed by atoms with E-state index in [-0.39, 0.29) is 18.9 Å². The van der Waals surface area contributed by atoms with Crippen LogP contribution in [0, 0.1) is 46.3 Å². The van der Waals surface area contributed by atoms with Gasteiger partial charge in [-0.05, 0) is 0 Å². The summed E-state index contributed by atoms with van der Waals surface area (Å²) in [6.07, 6.45) is 0. The minimum atomic E-state index is 0. The van der Waals surface area contributed by atoms with Crippen molar-refractivity contribution >= 4 is 0 Å². The molecule has 0 bridgehead atoms. The molecule has 0 N–H and O–H groups in total. The molecule has 0 nitrogen and oxygen atoms in total. The molecule has 1 rings (SSSR count). The Morgan fingerprint density at radius 2 is 0.947 bits per heavy atom. The molecule has 0 heterocycles. The van der Waals surface area contributed by atoms with Crippen molar-refractivity contribution in [2.45, 2.75) is 69.2 Å². The fraction of sp³-hybridized carbons (Fsp3) is 0.944. The maximum absolute atomic E-state index is 2.46. The summed E-state index contributed by atoms with van der Waals surface area (Å²) in [6.45, 7) is 24.3. The molecule has 0 aromatic heterocycles. The van der Waals surface area contributed by atoms with Gasteiger partial charge in [-0.3, -0.25) is 0 Å². The molecule has 0 saturated heterocycles. The van der Waals surface area contributed by atoms with Gasteiger partial charge in [-0.1, -0.05) is 91.9 Å². The zero-order valence-electron chi connectivity index (χ0n) is 15.4. The molecule has 1 saturated carbocycles. The van der Waals surface area contributed by atoms with Crippen LogP contribution in [0.25, 0.3) is 0 Å². The summed E-state index contributed by atoms with van der Waals surface area (Å²) in [5.74, 6) is 5.78. The van der Waals surface area contributed by atoms with Crippen LogP contribution in [0.4, 0.5) is 0 Å². The second-order valence-corrected chi connectivity index (χ2v) is 8.96. The molecular weight excluding hydrogens is 223 g/mol. The number of hydrogen-bond donors (Lipinski definition) is 0. The molecule has 0 spiro atoms. The van der Waals surface area contributed by atoms with E-state index >= 15 is 0 Å². The molecule has 4 unspecified atom stereocenters. The first-order valence-corrected chi connectivity index (χ1v) is 7.75. The number of hydrogen-bond acceptors (Lipinski definition) is 0. The first-order chi connectivity index (χ1) is 7.89. The standard InChI is InChI=1S/C18H35.Li/c1-11-12(2)14(4)15(13(11)3)16(17(5,6)7)18(8,9)10;/h11-14,16H,1-10H3;/q-1;+1. The summed E-state index contributed by atoms with van der Waals surface area (Å²) in [5, 5.41) is 0. The second-order valence-electron chi connectivity index (χ2n) is 8.96. The van der Waals surface area contributed by atoms with Crippen LogP contribution in [-0.2, 0) is 0 Å². The Bertz CT molecular complexity index is 253. The Labute approximate surface area is 134 Å². The van der Waals surface area contributed by atoms with Crippen molar-refractivity contribution in [3.63, 3.8) is 0 Å². The quantitative estimate of drug-likeness (QED) is 0.501. The minimum absolute atomic E-state index is 0. The summed E-state index contributed by atoms with van der Waals surface area (Å²) in [4.78, 5) is 0. The second kappa shape index (κ2) is 6.15. The average molecular weight is 258 g/mol. The predicted octanol–water partition coefficient (Wildman–Crippen LogP) is 2.83. The molecule has 1 heteroatoms. The van der Waals surface area contributed by atoms with Gasteiger partial charge >= 0.3 is 18.9 Å². The van der Waals surface area contributed by atoms with E-state index in [4.69, 9.17) is 0 Å². The van der Waals surface area contributed by atoms with Gasteiger partial charge in [0.15, 0.2) is 0 Å². The Kier molecular flexibility index (Phi) is 6.34. The van der Waals surface area contributed by atoms with Gasteiger partial charge in [0.1, 0.15) is 0 Å². The fourth-order valence-electron chi connectivity index (χ4n) is 4.76. The summed E-state index contributed by atoms with van der Waals surface area (Å²) >= 11 is 0. The summed E-state index contributed by atoms with van der Waals surface area (Å²) in [5.41, 5.74) is 0.722. The van der Waals surface area contributed by atoms with Gasteiger partial charge in [-0.25, -0.2) is 0 Å². The summed E-state index contributed by atoms with van der Waals surface area (Å²) in [7, 11) is 0. The smallest absolute Gasteiger partial charge is 0.304 e. The van der Waals surface area contributed by atoms with Crippen LogP contribution in [0.3, 0.4) is 0 Å². The maximum atomic E-state index is 2.46. The van der Waals surface area contributed by atoms with Crippen molar-refractivity contribution in [1.82, 2.24) is 0 Å². The van der Waals surface area contributed by atoms with Crippen molar-refractivity contribution < 1.29 is 18.9 Å². The monoisotopic (exact) mass is 258 g/mol. The van der Waals surface area contributed by atoms with Gasteiger partial charge in [0.05, 0.1) is 0 Å². The van der Waals surface area contributed by atoms with Crippen molar-refractivity contribution in [2.24, 2.45) is 40.4 Å². The van der Waals surface area contributed by atoms with Gasteiger partial charge in [-0.15, -0.1) is 0 Å². The van der Waals surface area contributed by atoms with Crippen molar-refractivity contribution in [1.29, 1.82) is 0 Å². The van der Waals surface area contributed by atoms with Crippen LogP contribution in [0.2, 0.25) is 0 Å². The topological polar surface area (TPSA) is 0 Å². The number of rotatable bonds is 1. The fourth-order valence-corrected chi connectivity index (χ4v) is 4.76. The first-order valence-electron chi connectivity index (χ1n) is 7.75. The Morgan fingerprint density at radius 1 is 0.684 bits per heavy atom. The van der Waals surface area contributed by atoms with Gasteiger partial charge < -0.3 is 5.92 Å². The van der Waals surface area contributed by atoms with E-state index in [1.165, 1.54) is 0 Å². The molecule has 0 aromatic carbocycles. The normalized spacial score (nSPS) is 33.6. The predicted molar refractivity (Wildman–Crippen MR) is 82.3 cm³/mol. The minimum Gasteiger partial charge on any atom is -0.304 e. The van der Waals surface area contributed by atoms with Gasteiger partial charge in [0.25, 0.3) is 0 Å². The van der Waals surface area contributed by atoms with Gasteiger partial charge in [0.2, 0.25) is 0 Å². The van der Waals surface area contributed by atoms with E-state index in [9.17, 15) is 0 Å². The average Bonchev–Trinajstić information content (AvgIpc) is 2.31. The van der Waals surface area contributed by atoms with Crippen LogP contribution in [0.15, 0.2) is 0 Å². The molecule has 108 valence electrons. The zero-order valence-corrected chi connectivity index (χ0v) is 15.4. The third kappa shape index (κ3) is 3.83. The molecule has 1 fully saturated rings. The Hall–Kier alpha value is 0.597. The summed E-state index contributed by atoms with van der Waals surface area (Å²) in [6, 6.07) is 0. The Balaban J connectivity index is 0.00000324. The third-order valence-electron chi connectivity index (χ3n) is 5.52. The molecule has 1 aliphatic rings. The Morgan fingerprint density at radius 3 is 1.16 bits per heavy atom. The van der Waals surface area contributed by atoms with E-state index in [0.29, 0.717) is 16.7 Å². The van der Waals surface area contributed by atoms with Crippen LogP contribution in [0.1, 0.15) is 69.2 Å². The van der Waals surface area contributed by atoms with Crippen molar-refractivity contribution in [3.8, 4) is 0 Å². The SMILES string of the molecule is CC1[C-](C(C(C)(C)C)C(C)(C)C)C(C)C(C)C1C.[Li+]. The molecule has 4 atom stereocenters. The largest absolute Gasteiger partial charge is 1.00 e. The van der Waals surface area contributed by atoms with Gasteiger partial charge in [0, 0.05) is 0 Å². The van der Waals surface area contributed by atoms with Crippen LogP contribution in [0.5, 0.6) is 0 Å². The van der Waals surface area contributed by atoms with E-state index in [0.717, 1.165) is 23.7 Å². The summed E-state index contributed by atoms with van der Waals surface area (Å²) < 4.78 is 0. The molecule has 19 heavy (non-hydrogen) atoms. The zero-order chi connectivity index (χ0) is 14.5.